The van der Waals surface area contributed by atoms with Gasteiger partial charge in [0, 0.05) is 6.07 Å². The number of halogens is 1. The van der Waals surface area contributed by atoms with Gasteiger partial charge >= 0.3 is 0 Å². The van der Waals surface area contributed by atoms with E-state index in [0.717, 1.165) is 0 Å². The predicted molar refractivity (Wildman–Crippen MR) is 60.7 cm³/mol. The Labute approximate surface area is 103 Å². The molecule has 0 spiro atoms. The zero-order valence-corrected chi connectivity index (χ0v) is 9.58. The molecule has 98 valence electrons. The number of fused-ring (bicyclic) bond motifs is 1. The van der Waals surface area contributed by atoms with E-state index in [4.69, 9.17) is 19.9 Å². The van der Waals surface area contributed by atoms with Crippen molar-refractivity contribution in [3.05, 3.63) is 24.0 Å². The second-order valence-corrected chi connectivity index (χ2v) is 4.50. The molecule has 0 aromatic heterocycles. The highest BCUT2D eigenvalue weighted by atomic mass is 19.1. The molecule has 1 aromatic rings. The Bertz CT molecular complexity index is 456. The molecule has 5 nitrogen and oxygen atoms in total. The van der Waals surface area contributed by atoms with Gasteiger partial charge in [-0.25, -0.2) is 4.39 Å². The molecule has 2 heterocycles. The van der Waals surface area contributed by atoms with Gasteiger partial charge < -0.3 is 25.1 Å². The lowest BCUT2D eigenvalue weighted by Gasteiger charge is -2.18. The molecule has 18 heavy (non-hydrogen) atoms. The van der Waals surface area contributed by atoms with Crippen molar-refractivity contribution in [1.82, 2.24) is 0 Å². The Morgan fingerprint density at radius 2 is 2.06 bits per heavy atom. The van der Waals surface area contributed by atoms with Gasteiger partial charge in [-0.15, -0.1) is 0 Å². The van der Waals surface area contributed by atoms with Gasteiger partial charge in [-0.05, 0) is 12.1 Å². The fourth-order valence-corrected chi connectivity index (χ4v) is 2.32. The highest BCUT2D eigenvalue weighted by Crippen LogP contribution is 2.32. The maximum absolute atomic E-state index is 13.1. The topological polar surface area (TPSA) is 73.9 Å². The third-order valence-electron chi connectivity index (χ3n) is 3.24. The minimum Gasteiger partial charge on any atom is -0.483 e. The van der Waals surface area contributed by atoms with Crippen LogP contribution in [-0.2, 0) is 9.47 Å². The van der Waals surface area contributed by atoms with E-state index in [1.807, 2.05) is 0 Å². The Morgan fingerprint density at radius 1 is 1.28 bits per heavy atom. The van der Waals surface area contributed by atoms with E-state index >= 15 is 0 Å². The van der Waals surface area contributed by atoms with E-state index < -0.39 is 11.9 Å². The maximum atomic E-state index is 13.1. The van der Waals surface area contributed by atoms with E-state index in [-0.39, 0.29) is 30.7 Å². The lowest BCUT2D eigenvalue weighted by molar-refractivity contribution is 0.00871. The number of aliphatic hydroxyl groups excluding tert-OH is 1. The van der Waals surface area contributed by atoms with E-state index in [2.05, 4.69) is 0 Å². The van der Waals surface area contributed by atoms with Crippen LogP contribution in [0.15, 0.2) is 18.2 Å². The van der Waals surface area contributed by atoms with Crippen molar-refractivity contribution < 1.29 is 23.7 Å². The Morgan fingerprint density at radius 3 is 2.89 bits per heavy atom. The molecule has 0 aliphatic carbocycles. The molecule has 1 unspecified atom stereocenters. The lowest BCUT2D eigenvalue weighted by atomic mass is 10.1. The number of benzene rings is 1. The first-order valence-electron chi connectivity index (χ1n) is 5.78. The van der Waals surface area contributed by atoms with Crippen LogP contribution in [0, 0.1) is 5.82 Å². The number of nitrogen functional groups attached to an aromatic ring is 1. The predicted octanol–water partition coefficient (Wildman–Crippen LogP) is 0.314. The molecule has 0 bridgehead atoms. The van der Waals surface area contributed by atoms with Crippen molar-refractivity contribution in [2.45, 2.75) is 24.4 Å². The summed E-state index contributed by atoms with van der Waals surface area (Å²) in [5, 5.41) is 9.59. The van der Waals surface area contributed by atoms with Crippen LogP contribution in [0.5, 0.6) is 5.75 Å². The maximum Gasteiger partial charge on any atom is 0.151 e. The molecule has 3 rings (SSSR count). The zero-order chi connectivity index (χ0) is 12.7. The van der Waals surface area contributed by atoms with Crippen LogP contribution in [0.3, 0.4) is 0 Å². The quantitative estimate of drug-likeness (QED) is 0.744. The summed E-state index contributed by atoms with van der Waals surface area (Å²) in [5.74, 6) is -0.142. The largest absolute Gasteiger partial charge is 0.483 e. The Hall–Kier alpha value is -1.37. The van der Waals surface area contributed by atoms with Crippen molar-refractivity contribution in [2.24, 2.45) is 0 Å². The fourth-order valence-electron chi connectivity index (χ4n) is 2.32. The molecule has 0 saturated carbocycles. The van der Waals surface area contributed by atoms with Crippen LogP contribution in [0.2, 0.25) is 0 Å². The summed E-state index contributed by atoms with van der Waals surface area (Å²) in [7, 11) is 0. The average molecular weight is 255 g/mol. The summed E-state index contributed by atoms with van der Waals surface area (Å²) in [6.07, 6.45) is -1.71. The first kappa shape index (κ1) is 11.7. The Kier molecular flexibility index (Phi) is 2.85. The third-order valence-corrected chi connectivity index (χ3v) is 3.24. The van der Waals surface area contributed by atoms with Crippen molar-refractivity contribution in [3.63, 3.8) is 0 Å². The van der Waals surface area contributed by atoms with Gasteiger partial charge in [0.1, 0.15) is 29.9 Å². The minimum absolute atomic E-state index is 0.230. The first-order valence-corrected chi connectivity index (χ1v) is 5.78. The smallest absolute Gasteiger partial charge is 0.151 e. The first-order chi connectivity index (χ1) is 8.65. The minimum atomic E-state index is -0.631. The van der Waals surface area contributed by atoms with Crippen LogP contribution in [0.1, 0.15) is 0 Å². The molecule has 0 radical (unpaired) electrons. The number of hydrogen-bond acceptors (Lipinski definition) is 5. The SMILES string of the molecule is Nc1ccc(F)cc1OC1CO[C@@H]2[C@H](O)CO[C@H]12. The molecule has 1 aromatic carbocycles. The van der Waals surface area contributed by atoms with E-state index in [0.29, 0.717) is 12.3 Å². The molecular formula is C12H14FNO4. The molecule has 0 amide bonds. The van der Waals surface area contributed by atoms with E-state index in [1.165, 1.54) is 18.2 Å². The molecular weight excluding hydrogens is 241 g/mol. The van der Waals surface area contributed by atoms with Gasteiger partial charge in [0.15, 0.2) is 6.10 Å². The van der Waals surface area contributed by atoms with Gasteiger partial charge in [0.05, 0.1) is 18.9 Å². The number of nitrogens with two attached hydrogens (primary N) is 1. The summed E-state index contributed by atoms with van der Waals surface area (Å²) in [6.45, 7) is 0.524. The second-order valence-electron chi connectivity index (χ2n) is 4.50. The summed E-state index contributed by atoms with van der Waals surface area (Å²) in [4.78, 5) is 0. The van der Waals surface area contributed by atoms with Gasteiger partial charge in [-0.2, -0.15) is 0 Å². The fraction of sp³-hybridized carbons (Fsp3) is 0.500. The molecule has 2 aliphatic heterocycles. The van der Waals surface area contributed by atoms with Crippen molar-refractivity contribution in [2.75, 3.05) is 18.9 Å². The number of rotatable bonds is 2. The van der Waals surface area contributed by atoms with E-state index in [1.54, 1.807) is 0 Å². The van der Waals surface area contributed by atoms with Gasteiger partial charge in [-0.3, -0.25) is 0 Å². The normalized spacial score (nSPS) is 34.6. The van der Waals surface area contributed by atoms with Gasteiger partial charge in [-0.1, -0.05) is 0 Å². The zero-order valence-electron chi connectivity index (χ0n) is 9.58. The standard InChI is InChI=1S/C12H14FNO4/c13-6-1-2-7(14)9(3-6)18-10-5-17-11-8(15)4-16-12(10)11/h1-3,8,10-12,15H,4-5,14H2/t8-,10?,11-,12-/m1/s1. The average Bonchev–Trinajstić information content (AvgIpc) is 2.89. The number of anilines is 1. The Balaban J connectivity index is 1.75. The molecule has 2 saturated heterocycles. The van der Waals surface area contributed by atoms with Crippen LogP contribution in [0.4, 0.5) is 10.1 Å². The second kappa shape index (κ2) is 4.38. The molecule has 6 heteroatoms. The van der Waals surface area contributed by atoms with E-state index in [9.17, 15) is 9.50 Å². The number of aliphatic hydroxyl groups is 1. The van der Waals surface area contributed by atoms with Crippen LogP contribution in [0.25, 0.3) is 0 Å². The van der Waals surface area contributed by atoms with Crippen LogP contribution in [-0.4, -0.2) is 42.7 Å². The van der Waals surface area contributed by atoms with Crippen LogP contribution >= 0.6 is 0 Å². The van der Waals surface area contributed by atoms with Gasteiger partial charge in [0.25, 0.3) is 0 Å². The summed E-state index contributed by atoms with van der Waals surface area (Å²) in [6, 6.07) is 3.95. The van der Waals surface area contributed by atoms with Gasteiger partial charge in [0.2, 0.25) is 0 Å². The highest BCUT2D eigenvalue weighted by molar-refractivity contribution is 5.52. The molecule has 3 N–H and O–H groups in total. The van der Waals surface area contributed by atoms with Crippen LogP contribution < -0.4 is 10.5 Å². The third kappa shape index (κ3) is 1.92. The lowest BCUT2D eigenvalue weighted by Crippen LogP contribution is -2.34. The summed E-state index contributed by atoms with van der Waals surface area (Å²) >= 11 is 0. The molecule has 2 fully saturated rings. The summed E-state index contributed by atoms with van der Waals surface area (Å²) < 4.78 is 29.6. The van der Waals surface area contributed by atoms with Crippen molar-refractivity contribution in [1.29, 1.82) is 0 Å². The van der Waals surface area contributed by atoms with Crippen molar-refractivity contribution in [3.8, 4) is 5.75 Å². The summed E-state index contributed by atoms with van der Waals surface area (Å²) in [5.41, 5.74) is 6.07. The number of hydrogen-bond donors (Lipinski definition) is 2. The highest BCUT2D eigenvalue weighted by Gasteiger charge is 2.48. The molecule has 2 aliphatic rings. The number of ether oxygens (including phenoxy) is 3. The monoisotopic (exact) mass is 255 g/mol. The molecule has 4 atom stereocenters. The van der Waals surface area contributed by atoms with Crippen molar-refractivity contribution >= 4 is 5.69 Å².